The van der Waals surface area contributed by atoms with E-state index < -0.39 is 0 Å². The third-order valence-corrected chi connectivity index (χ3v) is 4.62. The minimum Gasteiger partial charge on any atom is -0.492 e. The molecule has 3 N–H and O–H groups in total. The fourth-order valence-electron chi connectivity index (χ4n) is 2.40. The maximum atomic E-state index is 12.0. The number of nitrogens with two attached hydrogens (primary N) is 1. The van der Waals surface area contributed by atoms with Gasteiger partial charge in [0, 0.05) is 13.0 Å². The Morgan fingerprint density at radius 2 is 2.19 bits per heavy atom. The Labute approximate surface area is 134 Å². The molecule has 0 spiro atoms. The van der Waals surface area contributed by atoms with Crippen LogP contribution in [0.2, 0.25) is 0 Å². The van der Waals surface area contributed by atoms with Crippen molar-refractivity contribution in [2.45, 2.75) is 38.1 Å². The molecule has 5 heteroatoms. The SMILES string of the molecule is CC(CN)(NC(=O)CCCOc1ccccc1Br)C1CC1. The van der Waals surface area contributed by atoms with Crippen molar-refractivity contribution in [3.8, 4) is 5.75 Å². The topological polar surface area (TPSA) is 64.3 Å². The molecule has 1 aromatic rings. The third kappa shape index (κ3) is 4.71. The van der Waals surface area contributed by atoms with E-state index in [0.717, 1.165) is 10.2 Å². The number of hydrogen-bond acceptors (Lipinski definition) is 3. The maximum absolute atomic E-state index is 12.0. The second-order valence-corrected chi connectivity index (χ2v) is 6.68. The van der Waals surface area contributed by atoms with E-state index >= 15 is 0 Å². The number of rotatable bonds is 8. The highest BCUT2D eigenvalue weighted by Gasteiger charge is 2.41. The summed E-state index contributed by atoms with van der Waals surface area (Å²) in [6, 6.07) is 7.71. The number of para-hydroxylation sites is 1. The fourth-order valence-corrected chi connectivity index (χ4v) is 2.80. The molecule has 1 aliphatic carbocycles. The van der Waals surface area contributed by atoms with Crippen molar-refractivity contribution in [3.63, 3.8) is 0 Å². The van der Waals surface area contributed by atoms with Crippen LogP contribution in [0, 0.1) is 5.92 Å². The van der Waals surface area contributed by atoms with E-state index in [-0.39, 0.29) is 11.4 Å². The molecular weight excluding hydrogens is 332 g/mol. The van der Waals surface area contributed by atoms with Crippen LogP contribution in [0.1, 0.15) is 32.6 Å². The lowest BCUT2D eigenvalue weighted by atomic mass is 9.95. The molecule has 0 heterocycles. The monoisotopic (exact) mass is 354 g/mol. The standard InChI is InChI=1S/C16H23BrN2O2/c1-16(11-18,12-8-9-12)19-15(20)7-4-10-21-14-6-3-2-5-13(14)17/h2-3,5-6,12H,4,7-11,18H2,1H3,(H,19,20). The van der Waals surface area contributed by atoms with Gasteiger partial charge in [-0.2, -0.15) is 0 Å². The summed E-state index contributed by atoms with van der Waals surface area (Å²) in [5.41, 5.74) is 5.56. The second kappa shape index (κ2) is 7.27. The smallest absolute Gasteiger partial charge is 0.220 e. The van der Waals surface area contributed by atoms with E-state index in [1.807, 2.05) is 31.2 Å². The molecule has 0 saturated heterocycles. The van der Waals surface area contributed by atoms with Gasteiger partial charge in [0.05, 0.1) is 16.6 Å². The second-order valence-electron chi connectivity index (χ2n) is 5.83. The van der Waals surface area contributed by atoms with Crippen LogP contribution in [0.5, 0.6) is 5.75 Å². The van der Waals surface area contributed by atoms with E-state index in [2.05, 4.69) is 21.2 Å². The first-order valence-corrected chi connectivity index (χ1v) is 8.23. The average molecular weight is 355 g/mol. The van der Waals surface area contributed by atoms with Crippen molar-refractivity contribution in [2.75, 3.05) is 13.2 Å². The first-order chi connectivity index (χ1) is 10.0. The Balaban J connectivity index is 1.69. The van der Waals surface area contributed by atoms with E-state index in [4.69, 9.17) is 10.5 Å². The van der Waals surface area contributed by atoms with Gasteiger partial charge in [0.15, 0.2) is 0 Å². The van der Waals surface area contributed by atoms with Gasteiger partial charge in [-0.1, -0.05) is 12.1 Å². The van der Waals surface area contributed by atoms with Gasteiger partial charge in [-0.05, 0) is 60.2 Å². The molecule has 0 radical (unpaired) electrons. The molecule has 1 fully saturated rings. The highest BCUT2D eigenvalue weighted by molar-refractivity contribution is 9.10. The van der Waals surface area contributed by atoms with E-state index in [9.17, 15) is 4.79 Å². The van der Waals surface area contributed by atoms with Crippen molar-refractivity contribution in [3.05, 3.63) is 28.7 Å². The molecule has 4 nitrogen and oxygen atoms in total. The maximum Gasteiger partial charge on any atom is 0.220 e. The van der Waals surface area contributed by atoms with Crippen LogP contribution in [-0.4, -0.2) is 24.6 Å². The Kier molecular flexibility index (Phi) is 5.65. The summed E-state index contributed by atoms with van der Waals surface area (Å²) >= 11 is 3.43. The van der Waals surface area contributed by atoms with Gasteiger partial charge in [-0.25, -0.2) is 0 Å². The van der Waals surface area contributed by atoms with Crippen LogP contribution >= 0.6 is 15.9 Å². The summed E-state index contributed by atoms with van der Waals surface area (Å²) in [6.07, 6.45) is 3.49. The van der Waals surface area contributed by atoms with Crippen molar-refractivity contribution < 1.29 is 9.53 Å². The molecule has 1 atom stereocenters. The van der Waals surface area contributed by atoms with Crippen molar-refractivity contribution in [1.82, 2.24) is 5.32 Å². The van der Waals surface area contributed by atoms with Gasteiger partial charge < -0.3 is 15.8 Å². The summed E-state index contributed by atoms with van der Waals surface area (Å²) in [6.45, 7) is 3.07. The molecule has 1 unspecified atom stereocenters. The highest BCUT2D eigenvalue weighted by atomic mass is 79.9. The van der Waals surface area contributed by atoms with E-state index in [0.29, 0.717) is 31.9 Å². The molecule has 0 aliphatic heterocycles. The lowest BCUT2D eigenvalue weighted by Crippen LogP contribution is -2.53. The predicted molar refractivity (Wildman–Crippen MR) is 87.2 cm³/mol. The summed E-state index contributed by atoms with van der Waals surface area (Å²) in [4.78, 5) is 12.0. The van der Waals surface area contributed by atoms with Gasteiger partial charge >= 0.3 is 0 Å². The zero-order chi connectivity index (χ0) is 15.3. The zero-order valence-electron chi connectivity index (χ0n) is 12.4. The molecule has 2 rings (SSSR count). The molecule has 1 aromatic carbocycles. The number of amides is 1. The van der Waals surface area contributed by atoms with Gasteiger partial charge in [0.25, 0.3) is 0 Å². The summed E-state index contributed by atoms with van der Waals surface area (Å²) in [5, 5.41) is 3.09. The molecular formula is C16H23BrN2O2. The lowest BCUT2D eigenvalue weighted by molar-refractivity contribution is -0.123. The molecule has 0 aromatic heterocycles. The first-order valence-electron chi connectivity index (χ1n) is 7.43. The fraction of sp³-hybridized carbons (Fsp3) is 0.562. The van der Waals surface area contributed by atoms with Gasteiger partial charge in [0.2, 0.25) is 5.91 Å². The Morgan fingerprint density at radius 1 is 1.48 bits per heavy atom. The lowest BCUT2D eigenvalue weighted by Gasteiger charge is -2.29. The van der Waals surface area contributed by atoms with Gasteiger partial charge in [-0.3, -0.25) is 4.79 Å². The van der Waals surface area contributed by atoms with Crippen molar-refractivity contribution in [1.29, 1.82) is 0 Å². The molecule has 1 amide bonds. The molecule has 116 valence electrons. The number of ether oxygens (including phenoxy) is 1. The minimum absolute atomic E-state index is 0.0607. The molecule has 1 saturated carbocycles. The van der Waals surface area contributed by atoms with Gasteiger partial charge in [0.1, 0.15) is 5.75 Å². The summed E-state index contributed by atoms with van der Waals surface area (Å²) < 4.78 is 6.58. The van der Waals surface area contributed by atoms with E-state index in [1.165, 1.54) is 12.8 Å². The number of nitrogens with one attached hydrogen (secondary N) is 1. The Hall–Kier alpha value is -1.07. The number of carbonyl (C=O) groups excluding carboxylic acids is 1. The number of hydrogen-bond donors (Lipinski definition) is 2. The van der Waals surface area contributed by atoms with Crippen LogP contribution in [0.25, 0.3) is 0 Å². The normalized spacial score (nSPS) is 17.1. The van der Waals surface area contributed by atoms with Gasteiger partial charge in [-0.15, -0.1) is 0 Å². The number of halogens is 1. The highest BCUT2D eigenvalue weighted by Crippen LogP contribution is 2.39. The largest absolute Gasteiger partial charge is 0.492 e. The quantitative estimate of drug-likeness (QED) is 0.705. The third-order valence-electron chi connectivity index (χ3n) is 3.97. The van der Waals surface area contributed by atoms with E-state index in [1.54, 1.807) is 0 Å². The molecule has 1 aliphatic rings. The molecule has 0 bridgehead atoms. The minimum atomic E-state index is -0.236. The number of benzene rings is 1. The van der Waals surface area contributed by atoms with Crippen LogP contribution in [0.15, 0.2) is 28.7 Å². The van der Waals surface area contributed by atoms with Crippen molar-refractivity contribution >= 4 is 21.8 Å². The van der Waals surface area contributed by atoms with Crippen LogP contribution in [-0.2, 0) is 4.79 Å². The Bertz CT molecular complexity index is 491. The molecule has 21 heavy (non-hydrogen) atoms. The Morgan fingerprint density at radius 3 is 2.81 bits per heavy atom. The zero-order valence-corrected chi connectivity index (χ0v) is 14.0. The number of carbonyl (C=O) groups is 1. The predicted octanol–water partition coefficient (Wildman–Crippen LogP) is 2.85. The average Bonchev–Trinajstić information content (AvgIpc) is 3.30. The van der Waals surface area contributed by atoms with Crippen LogP contribution < -0.4 is 15.8 Å². The summed E-state index contributed by atoms with van der Waals surface area (Å²) in [5.74, 6) is 1.41. The first kappa shape index (κ1) is 16.3. The van der Waals surface area contributed by atoms with Crippen LogP contribution in [0.3, 0.4) is 0 Å². The van der Waals surface area contributed by atoms with Crippen LogP contribution in [0.4, 0.5) is 0 Å². The van der Waals surface area contributed by atoms with Crippen molar-refractivity contribution in [2.24, 2.45) is 11.7 Å². The summed E-state index contributed by atoms with van der Waals surface area (Å²) in [7, 11) is 0.